The first-order chi connectivity index (χ1) is 11.5. The number of carboxylic acid groups (broad SMARTS) is 1. The van der Waals surface area contributed by atoms with E-state index >= 15 is 0 Å². The summed E-state index contributed by atoms with van der Waals surface area (Å²) >= 11 is 0. The van der Waals surface area contributed by atoms with E-state index in [4.69, 9.17) is 9.84 Å². The van der Waals surface area contributed by atoms with E-state index in [0.717, 1.165) is 16.7 Å². The van der Waals surface area contributed by atoms with Crippen LogP contribution >= 0.6 is 0 Å². The summed E-state index contributed by atoms with van der Waals surface area (Å²) in [7, 11) is 0. The minimum atomic E-state index is -1.17. The number of rotatable bonds is 7. The van der Waals surface area contributed by atoms with Crippen molar-refractivity contribution in [3.05, 3.63) is 54.1 Å². The topological polar surface area (TPSA) is 75.6 Å². The maximum Gasteiger partial charge on any atom is 0.404 e. The molecule has 5 nitrogen and oxygen atoms in total. The molecule has 1 aromatic rings. The molecule has 0 heterocycles. The molecule has 0 aliphatic carbocycles. The van der Waals surface area contributed by atoms with Gasteiger partial charge in [0.2, 0.25) is 0 Å². The SMILES string of the molecule is C=C(C)C(=O)OC(C(C)NC(=O)O)C(C)(C)c1cccc(C(=C)C)c1. The number of carbonyl (C=O) groups excluding carboxylic acids is 1. The summed E-state index contributed by atoms with van der Waals surface area (Å²) in [6, 6.07) is 7.17. The zero-order chi connectivity index (χ0) is 19.4. The van der Waals surface area contributed by atoms with Crippen molar-refractivity contribution < 1.29 is 19.4 Å². The molecular weight excluding hydrogens is 318 g/mol. The smallest absolute Gasteiger partial charge is 0.404 e. The van der Waals surface area contributed by atoms with Gasteiger partial charge in [0.25, 0.3) is 0 Å². The molecule has 0 saturated heterocycles. The number of nitrogens with one attached hydrogen (secondary N) is 1. The first-order valence-electron chi connectivity index (χ1n) is 8.09. The molecule has 2 N–H and O–H groups in total. The first kappa shape index (κ1) is 20.5. The molecule has 1 aromatic carbocycles. The Hall–Kier alpha value is -2.56. The third-order valence-electron chi connectivity index (χ3n) is 4.20. The highest BCUT2D eigenvalue weighted by Gasteiger charge is 2.39. The Morgan fingerprint density at radius 2 is 1.84 bits per heavy atom. The van der Waals surface area contributed by atoms with Crippen molar-refractivity contribution in [1.82, 2.24) is 5.32 Å². The number of allylic oxidation sites excluding steroid dienone is 1. The van der Waals surface area contributed by atoms with Gasteiger partial charge in [-0.25, -0.2) is 9.59 Å². The molecule has 2 atom stereocenters. The summed E-state index contributed by atoms with van der Waals surface area (Å²) < 4.78 is 5.61. The fraction of sp³-hybridized carbons (Fsp3) is 0.400. The summed E-state index contributed by atoms with van der Waals surface area (Å²) in [5, 5.41) is 11.4. The summed E-state index contributed by atoms with van der Waals surface area (Å²) in [4.78, 5) is 23.1. The van der Waals surface area contributed by atoms with Gasteiger partial charge in [-0.05, 0) is 31.9 Å². The highest BCUT2D eigenvalue weighted by molar-refractivity contribution is 5.87. The first-order valence-corrected chi connectivity index (χ1v) is 8.09. The Kier molecular flexibility index (Phi) is 6.56. The Morgan fingerprint density at radius 1 is 1.24 bits per heavy atom. The molecule has 1 amide bonds. The Morgan fingerprint density at radius 3 is 2.32 bits per heavy atom. The number of benzene rings is 1. The van der Waals surface area contributed by atoms with Crippen molar-refractivity contribution in [3.8, 4) is 0 Å². The van der Waals surface area contributed by atoms with Crippen molar-refractivity contribution in [2.45, 2.75) is 52.2 Å². The average molecular weight is 345 g/mol. The molecule has 0 saturated carbocycles. The van der Waals surface area contributed by atoms with E-state index in [1.54, 1.807) is 13.8 Å². The molecule has 0 spiro atoms. The van der Waals surface area contributed by atoms with Crippen LogP contribution < -0.4 is 5.32 Å². The zero-order valence-corrected chi connectivity index (χ0v) is 15.6. The standard InChI is InChI=1S/C20H27NO4/c1-12(2)15-9-8-10-16(11-15)20(6,7)17(14(5)21-19(23)24)25-18(22)13(3)4/h8-11,14,17,21H,1,3H2,2,4-7H3,(H,23,24). The molecule has 0 aromatic heterocycles. The second kappa shape index (κ2) is 8.01. The number of hydrogen-bond acceptors (Lipinski definition) is 3. The van der Waals surface area contributed by atoms with Gasteiger partial charge in [0.1, 0.15) is 6.10 Å². The van der Waals surface area contributed by atoms with Crippen molar-refractivity contribution in [1.29, 1.82) is 0 Å². The summed E-state index contributed by atoms with van der Waals surface area (Å²) in [5.74, 6) is -0.548. The van der Waals surface area contributed by atoms with Gasteiger partial charge in [-0.2, -0.15) is 0 Å². The van der Waals surface area contributed by atoms with Crippen LogP contribution in [0.15, 0.2) is 43.0 Å². The largest absolute Gasteiger partial charge is 0.465 e. The normalized spacial score (nSPS) is 13.5. The number of carbonyl (C=O) groups is 2. The van der Waals surface area contributed by atoms with Gasteiger partial charge in [0.15, 0.2) is 0 Å². The lowest BCUT2D eigenvalue weighted by atomic mass is 9.76. The van der Waals surface area contributed by atoms with Gasteiger partial charge in [-0.1, -0.05) is 56.8 Å². The van der Waals surface area contributed by atoms with Gasteiger partial charge in [0, 0.05) is 11.0 Å². The van der Waals surface area contributed by atoms with E-state index < -0.39 is 29.6 Å². The van der Waals surface area contributed by atoms with Crippen molar-refractivity contribution in [2.75, 3.05) is 0 Å². The van der Waals surface area contributed by atoms with Crippen molar-refractivity contribution >= 4 is 17.6 Å². The highest BCUT2D eigenvalue weighted by Crippen LogP contribution is 2.33. The molecule has 2 unspecified atom stereocenters. The average Bonchev–Trinajstić information content (AvgIpc) is 2.51. The van der Waals surface area contributed by atoms with E-state index in [9.17, 15) is 9.59 Å². The van der Waals surface area contributed by atoms with Gasteiger partial charge in [0.05, 0.1) is 6.04 Å². The number of ether oxygens (including phenoxy) is 1. The fourth-order valence-corrected chi connectivity index (χ4v) is 2.71. The van der Waals surface area contributed by atoms with E-state index in [2.05, 4.69) is 18.5 Å². The Bertz CT molecular complexity index is 691. The van der Waals surface area contributed by atoms with Crippen LogP contribution in [0.2, 0.25) is 0 Å². The molecular formula is C20H27NO4. The molecule has 0 bridgehead atoms. The second-order valence-electron chi connectivity index (χ2n) is 6.93. The van der Waals surface area contributed by atoms with E-state index in [1.807, 2.05) is 45.0 Å². The zero-order valence-electron chi connectivity index (χ0n) is 15.6. The van der Waals surface area contributed by atoms with E-state index in [-0.39, 0.29) is 5.57 Å². The Balaban J connectivity index is 3.31. The highest BCUT2D eigenvalue weighted by atomic mass is 16.5. The van der Waals surface area contributed by atoms with Gasteiger partial charge < -0.3 is 15.2 Å². The van der Waals surface area contributed by atoms with E-state index in [0.29, 0.717) is 0 Å². The van der Waals surface area contributed by atoms with Crippen LogP contribution in [0, 0.1) is 0 Å². The van der Waals surface area contributed by atoms with Gasteiger partial charge >= 0.3 is 12.1 Å². The third-order valence-corrected chi connectivity index (χ3v) is 4.20. The lowest BCUT2D eigenvalue weighted by molar-refractivity contribution is -0.149. The van der Waals surface area contributed by atoms with Crippen LogP contribution in [0.1, 0.15) is 45.7 Å². The van der Waals surface area contributed by atoms with Gasteiger partial charge in [-0.3, -0.25) is 0 Å². The molecule has 25 heavy (non-hydrogen) atoms. The van der Waals surface area contributed by atoms with Crippen LogP contribution in [-0.4, -0.2) is 29.3 Å². The molecule has 1 rings (SSSR count). The van der Waals surface area contributed by atoms with Crippen LogP contribution in [0.4, 0.5) is 4.79 Å². The molecule has 5 heteroatoms. The summed E-state index contributed by atoms with van der Waals surface area (Å²) in [6.07, 6.45) is -1.89. The van der Waals surface area contributed by atoms with Gasteiger partial charge in [-0.15, -0.1) is 0 Å². The fourth-order valence-electron chi connectivity index (χ4n) is 2.71. The molecule has 0 aliphatic heterocycles. The predicted molar refractivity (Wildman–Crippen MR) is 99.5 cm³/mol. The minimum absolute atomic E-state index is 0.263. The van der Waals surface area contributed by atoms with Crippen molar-refractivity contribution in [3.63, 3.8) is 0 Å². The summed E-state index contributed by atoms with van der Waals surface area (Å²) in [6.45, 7) is 16.5. The lowest BCUT2D eigenvalue weighted by Gasteiger charge is -2.38. The van der Waals surface area contributed by atoms with Crippen molar-refractivity contribution in [2.24, 2.45) is 0 Å². The maximum atomic E-state index is 12.1. The summed E-state index contributed by atoms with van der Waals surface area (Å²) in [5.41, 5.74) is 2.45. The number of hydrogen-bond donors (Lipinski definition) is 2. The molecule has 0 fully saturated rings. The van der Waals surface area contributed by atoms with E-state index in [1.165, 1.54) is 0 Å². The van der Waals surface area contributed by atoms with Crippen LogP contribution in [0.3, 0.4) is 0 Å². The van der Waals surface area contributed by atoms with Crippen LogP contribution in [-0.2, 0) is 14.9 Å². The second-order valence-corrected chi connectivity index (χ2v) is 6.93. The molecule has 0 radical (unpaired) electrons. The Labute approximate surface area is 149 Å². The quantitative estimate of drug-likeness (QED) is 0.575. The number of amides is 1. The predicted octanol–water partition coefficient (Wildman–Crippen LogP) is 4.14. The molecule has 0 aliphatic rings. The number of esters is 1. The van der Waals surface area contributed by atoms with Crippen LogP contribution in [0.5, 0.6) is 0 Å². The monoisotopic (exact) mass is 345 g/mol. The third kappa shape index (κ3) is 5.21. The minimum Gasteiger partial charge on any atom is -0.465 e. The van der Waals surface area contributed by atoms with Crippen LogP contribution in [0.25, 0.3) is 5.57 Å². The molecule has 136 valence electrons. The lowest BCUT2D eigenvalue weighted by Crippen LogP contribution is -2.51. The maximum absolute atomic E-state index is 12.1.